The molecule has 0 bridgehead atoms. The van der Waals surface area contributed by atoms with Crippen LogP contribution >= 0.6 is 0 Å². The van der Waals surface area contributed by atoms with Gasteiger partial charge in [-0.1, -0.05) is 6.92 Å². The van der Waals surface area contributed by atoms with E-state index in [9.17, 15) is 0 Å². The molecule has 1 heterocycles. The Kier molecular flexibility index (Phi) is 5.85. The van der Waals surface area contributed by atoms with Gasteiger partial charge in [0.05, 0.1) is 7.11 Å². The molecule has 0 saturated heterocycles. The zero-order valence-electron chi connectivity index (χ0n) is 12.0. The first-order chi connectivity index (χ1) is 8.56. The number of rotatable bonds is 7. The summed E-state index contributed by atoms with van der Waals surface area (Å²) in [7, 11) is 3.75. The molecule has 0 aromatic carbocycles. The van der Waals surface area contributed by atoms with E-state index < -0.39 is 0 Å². The van der Waals surface area contributed by atoms with E-state index in [-0.39, 0.29) is 0 Å². The minimum Gasteiger partial charge on any atom is -0.481 e. The molecular formula is C13H24N4O. The highest BCUT2D eigenvalue weighted by molar-refractivity contribution is 5.30. The molecule has 0 aliphatic heterocycles. The Morgan fingerprint density at radius 1 is 1.44 bits per heavy atom. The largest absolute Gasteiger partial charge is 0.481 e. The molecule has 102 valence electrons. The van der Waals surface area contributed by atoms with Crippen molar-refractivity contribution < 1.29 is 4.74 Å². The number of nitrogens with one attached hydrogen (secondary N) is 1. The molecule has 0 aliphatic rings. The van der Waals surface area contributed by atoms with Crippen LogP contribution in [0, 0.1) is 6.92 Å². The highest BCUT2D eigenvalue weighted by Crippen LogP contribution is 2.10. The zero-order chi connectivity index (χ0) is 13.5. The molecule has 0 radical (unpaired) electrons. The fraction of sp³-hybridized carbons (Fsp3) is 0.692. The lowest BCUT2D eigenvalue weighted by molar-refractivity contribution is 0.261. The van der Waals surface area contributed by atoms with Gasteiger partial charge in [0.2, 0.25) is 11.8 Å². The van der Waals surface area contributed by atoms with Crippen molar-refractivity contribution in [2.45, 2.75) is 33.2 Å². The molecule has 5 heteroatoms. The summed E-state index contributed by atoms with van der Waals surface area (Å²) in [6.45, 7) is 8.15. The SMILES string of the molecule is CCC(C)N(C)CCNc1nc(C)cc(OC)n1. The quantitative estimate of drug-likeness (QED) is 0.803. The third kappa shape index (κ3) is 4.49. The number of ether oxygens (including phenoxy) is 1. The number of likely N-dealkylation sites (N-methyl/N-ethyl adjacent to an activating group) is 1. The van der Waals surface area contributed by atoms with Gasteiger partial charge in [-0.3, -0.25) is 0 Å². The predicted molar refractivity (Wildman–Crippen MR) is 74.2 cm³/mol. The van der Waals surface area contributed by atoms with Crippen LogP contribution in [-0.2, 0) is 0 Å². The summed E-state index contributed by atoms with van der Waals surface area (Å²) >= 11 is 0. The fourth-order valence-corrected chi connectivity index (χ4v) is 1.60. The van der Waals surface area contributed by atoms with E-state index in [0.717, 1.165) is 25.2 Å². The van der Waals surface area contributed by atoms with Crippen LogP contribution in [0.5, 0.6) is 5.88 Å². The monoisotopic (exact) mass is 252 g/mol. The second-order valence-electron chi connectivity index (χ2n) is 4.54. The summed E-state index contributed by atoms with van der Waals surface area (Å²) < 4.78 is 5.12. The van der Waals surface area contributed by atoms with Crippen LogP contribution in [0.4, 0.5) is 5.95 Å². The Labute approximate surface area is 110 Å². The summed E-state index contributed by atoms with van der Waals surface area (Å²) in [5, 5.41) is 3.23. The molecule has 1 atom stereocenters. The molecule has 1 aromatic rings. The van der Waals surface area contributed by atoms with Crippen LogP contribution in [0.3, 0.4) is 0 Å². The molecule has 1 N–H and O–H groups in total. The molecule has 0 saturated carbocycles. The highest BCUT2D eigenvalue weighted by atomic mass is 16.5. The van der Waals surface area contributed by atoms with Crippen molar-refractivity contribution in [3.63, 3.8) is 0 Å². The summed E-state index contributed by atoms with van der Waals surface area (Å²) in [5.74, 6) is 1.23. The lowest BCUT2D eigenvalue weighted by Gasteiger charge is -2.23. The van der Waals surface area contributed by atoms with Gasteiger partial charge >= 0.3 is 0 Å². The first kappa shape index (κ1) is 14.7. The van der Waals surface area contributed by atoms with Gasteiger partial charge in [-0.25, -0.2) is 4.98 Å². The summed E-state index contributed by atoms with van der Waals surface area (Å²) in [5.41, 5.74) is 0.902. The van der Waals surface area contributed by atoms with E-state index in [4.69, 9.17) is 4.74 Å². The van der Waals surface area contributed by atoms with Crippen LogP contribution in [0.25, 0.3) is 0 Å². The average molecular weight is 252 g/mol. The summed E-state index contributed by atoms with van der Waals surface area (Å²) in [4.78, 5) is 10.9. The zero-order valence-corrected chi connectivity index (χ0v) is 12.0. The standard InChI is InChI=1S/C13H24N4O/c1-6-11(3)17(4)8-7-14-13-15-10(2)9-12(16-13)18-5/h9,11H,6-8H2,1-5H3,(H,14,15,16). The lowest BCUT2D eigenvalue weighted by Crippen LogP contribution is -2.32. The number of hydrogen-bond acceptors (Lipinski definition) is 5. The van der Waals surface area contributed by atoms with Gasteiger partial charge in [0.15, 0.2) is 0 Å². The first-order valence-corrected chi connectivity index (χ1v) is 6.40. The Morgan fingerprint density at radius 3 is 2.78 bits per heavy atom. The Hall–Kier alpha value is -1.36. The minimum atomic E-state index is 0.597. The average Bonchev–Trinajstić information content (AvgIpc) is 2.36. The normalized spacial score (nSPS) is 12.6. The topological polar surface area (TPSA) is 50.3 Å². The number of aromatic nitrogens is 2. The molecule has 0 amide bonds. The van der Waals surface area contributed by atoms with E-state index in [2.05, 4.69) is 41.1 Å². The van der Waals surface area contributed by atoms with Crippen molar-refractivity contribution in [2.24, 2.45) is 0 Å². The van der Waals surface area contributed by atoms with Crippen molar-refractivity contribution in [3.8, 4) is 5.88 Å². The van der Waals surface area contributed by atoms with Crippen LogP contribution in [0.1, 0.15) is 26.0 Å². The number of nitrogens with zero attached hydrogens (tertiary/aromatic N) is 3. The van der Waals surface area contributed by atoms with Gasteiger partial charge in [-0.15, -0.1) is 0 Å². The third-order valence-electron chi connectivity index (χ3n) is 3.13. The lowest BCUT2D eigenvalue weighted by atomic mass is 10.2. The van der Waals surface area contributed by atoms with Crippen molar-refractivity contribution in [3.05, 3.63) is 11.8 Å². The van der Waals surface area contributed by atoms with Gasteiger partial charge in [0.1, 0.15) is 0 Å². The van der Waals surface area contributed by atoms with E-state index in [1.54, 1.807) is 7.11 Å². The maximum atomic E-state index is 5.12. The van der Waals surface area contributed by atoms with Crippen molar-refractivity contribution >= 4 is 5.95 Å². The smallest absolute Gasteiger partial charge is 0.226 e. The van der Waals surface area contributed by atoms with E-state index >= 15 is 0 Å². The van der Waals surface area contributed by atoms with E-state index in [1.165, 1.54) is 0 Å². The molecule has 1 rings (SSSR count). The molecule has 0 fully saturated rings. The van der Waals surface area contributed by atoms with Crippen molar-refractivity contribution in [1.82, 2.24) is 14.9 Å². The van der Waals surface area contributed by atoms with Gasteiger partial charge in [0.25, 0.3) is 0 Å². The molecule has 0 aliphatic carbocycles. The highest BCUT2D eigenvalue weighted by Gasteiger charge is 2.06. The third-order valence-corrected chi connectivity index (χ3v) is 3.13. The number of hydrogen-bond donors (Lipinski definition) is 1. The molecular weight excluding hydrogens is 228 g/mol. The number of anilines is 1. The van der Waals surface area contributed by atoms with Crippen LogP contribution in [-0.4, -0.2) is 48.2 Å². The maximum Gasteiger partial charge on any atom is 0.226 e. The predicted octanol–water partition coefficient (Wildman–Crippen LogP) is 1.94. The fourth-order valence-electron chi connectivity index (χ4n) is 1.60. The Balaban J connectivity index is 2.46. The maximum absolute atomic E-state index is 5.12. The van der Waals surface area contributed by atoms with Gasteiger partial charge in [-0.05, 0) is 27.3 Å². The second-order valence-corrected chi connectivity index (χ2v) is 4.54. The van der Waals surface area contributed by atoms with Crippen molar-refractivity contribution in [2.75, 3.05) is 32.6 Å². The molecule has 0 spiro atoms. The van der Waals surface area contributed by atoms with Gasteiger partial charge in [0, 0.05) is 30.9 Å². The van der Waals surface area contributed by atoms with Crippen LogP contribution < -0.4 is 10.1 Å². The van der Waals surface area contributed by atoms with E-state index in [0.29, 0.717) is 17.9 Å². The van der Waals surface area contributed by atoms with Crippen LogP contribution in [0.2, 0.25) is 0 Å². The van der Waals surface area contributed by atoms with Gasteiger partial charge in [-0.2, -0.15) is 4.98 Å². The Morgan fingerprint density at radius 2 is 2.17 bits per heavy atom. The Bertz CT molecular complexity index is 370. The summed E-state index contributed by atoms with van der Waals surface area (Å²) in [6, 6.07) is 2.41. The molecule has 5 nitrogen and oxygen atoms in total. The van der Waals surface area contributed by atoms with Gasteiger partial charge < -0.3 is 15.0 Å². The molecule has 18 heavy (non-hydrogen) atoms. The number of aryl methyl sites for hydroxylation is 1. The number of methoxy groups -OCH3 is 1. The van der Waals surface area contributed by atoms with Crippen LogP contribution in [0.15, 0.2) is 6.07 Å². The molecule has 1 aromatic heterocycles. The van der Waals surface area contributed by atoms with Crippen molar-refractivity contribution in [1.29, 1.82) is 0 Å². The second kappa shape index (κ2) is 7.16. The minimum absolute atomic E-state index is 0.597. The molecule has 1 unspecified atom stereocenters. The van der Waals surface area contributed by atoms with E-state index in [1.807, 2.05) is 13.0 Å². The first-order valence-electron chi connectivity index (χ1n) is 6.40. The summed E-state index contributed by atoms with van der Waals surface area (Å²) in [6.07, 6.45) is 1.16.